The second-order valence-corrected chi connectivity index (χ2v) is 6.28. The monoisotopic (exact) mass is 352 g/mol. The third-order valence-corrected chi connectivity index (χ3v) is 4.18. The number of ether oxygens (including phenoxy) is 2. The Morgan fingerprint density at radius 2 is 1.88 bits per heavy atom. The van der Waals surface area contributed by atoms with Gasteiger partial charge in [-0.1, -0.05) is 6.07 Å². The maximum absolute atomic E-state index is 9.95. The molecule has 0 aliphatic heterocycles. The Labute approximate surface area is 153 Å². The highest BCUT2D eigenvalue weighted by Gasteiger charge is 2.11. The lowest BCUT2D eigenvalue weighted by Crippen LogP contribution is -2.29. The van der Waals surface area contributed by atoms with E-state index in [1.54, 1.807) is 14.2 Å². The Hall–Kier alpha value is -2.63. The van der Waals surface area contributed by atoms with Gasteiger partial charge in [0.25, 0.3) is 0 Å². The number of aryl methyl sites for hydroxylation is 1. The highest BCUT2D eigenvalue weighted by molar-refractivity contribution is 5.88. The molecule has 2 aromatic carbocycles. The molecule has 0 aliphatic rings. The molecule has 1 heterocycles. The molecule has 3 rings (SSSR count). The van der Waals surface area contributed by atoms with Crippen molar-refractivity contribution in [2.45, 2.75) is 13.0 Å². The number of fused-ring (bicyclic) bond motifs is 1. The van der Waals surface area contributed by atoms with Crippen LogP contribution in [0.2, 0.25) is 0 Å². The number of aromatic nitrogens is 1. The summed E-state index contributed by atoms with van der Waals surface area (Å²) in [5, 5.41) is 13.8. The van der Waals surface area contributed by atoms with Crippen molar-refractivity contribution in [2.24, 2.45) is 0 Å². The fourth-order valence-electron chi connectivity index (χ4n) is 2.82. The minimum atomic E-state index is -0.571. The number of methoxy groups -OCH3 is 1. The van der Waals surface area contributed by atoms with E-state index in [0.717, 1.165) is 39.2 Å². The van der Waals surface area contributed by atoms with Crippen LogP contribution in [0.1, 0.15) is 5.56 Å². The number of aliphatic hydroxyl groups excluding tert-OH is 1. The van der Waals surface area contributed by atoms with Gasteiger partial charge < -0.3 is 19.9 Å². The van der Waals surface area contributed by atoms with Crippen molar-refractivity contribution in [2.75, 3.05) is 27.3 Å². The van der Waals surface area contributed by atoms with Crippen LogP contribution in [0.4, 0.5) is 0 Å². The topological polar surface area (TPSA) is 63.6 Å². The number of aliphatic hydroxyl groups is 1. The van der Waals surface area contributed by atoms with E-state index in [4.69, 9.17) is 14.5 Å². The molecule has 2 N–H and O–H groups in total. The standard InChI is InChI=1S/C21H24N2O3/c1-14-4-9-18-20(10-14)23-19(15-5-7-17(25-3)8-6-15)11-21(18)26-13-16(24)12-22-2/h4-11,16,22,24H,12-13H2,1-3H3. The van der Waals surface area contributed by atoms with Crippen molar-refractivity contribution >= 4 is 10.9 Å². The van der Waals surface area contributed by atoms with Gasteiger partial charge in [-0.15, -0.1) is 0 Å². The Morgan fingerprint density at radius 3 is 2.58 bits per heavy atom. The Kier molecular flexibility index (Phi) is 5.71. The van der Waals surface area contributed by atoms with E-state index in [0.29, 0.717) is 6.54 Å². The van der Waals surface area contributed by atoms with E-state index in [1.807, 2.05) is 55.5 Å². The molecule has 0 aliphatic carbocycles. The average Bonchev–Trinajstić information content (AvgIpc) is 2.66. The molecule has 0 fully saturated rings. The fourth-order valence-corrected chi connectivity index (χ4v) is 2.82. The smallest absolute Gasteiger partial charge is 0.131 e. The van der Waals surface area contributed by atoms with Gasteiger partial charge in [-0.2, -0.15) is 0 Å². The zero-order chi connectivity index (χ0) is 18.5. The summed E-state index contributed by atoms with van der Waals surface area (Å²) in [5.74, 6) is 1.52. The van der Waals surface area contributed by atoms with Crippen LogP contribution in [0, 0.1) is 6.92 Å². The first-order valence-electron chi connectivity index (χ1n) is 8.62. The summed E-state index contributed by atoms with van der Waals surface area (Å²) in [4.78, 5) is 4.79. The largest absolute Gasteiger partial charge is 0.497 e. The predicted molar refractivity (Wildman–Crippen MR) is 104 cm³/mol. The summed E-state index contributed by atoms with van der Waals surface area (Å²) in [7, 11) is 3.45. The number of hydrogen-bond acceptors (Lipinski definition) is 5. The van der Waals surface area contributed by atoms with Gasteiger partial charge in [0, 0.05) is 23.6 Å². The van der Waals surface area contributed by atoms with Gasteiger partial charge in [-0.3, -0.25) is 0 Å². The first kappa shape index (κ1) is 18.2. The molecular weight excluding hydrogens is 328 g/mol. The fraction of sp³-hybridized carbons (Fsp3) is 0.286. The molecule has 1 aromatic heterocycles. The van der Waals surface area contributed by atoms with Gasteiger partial charge in [0.15, 0.2) is 0 Å². The first-order chi connectivity index (χ1) is 12.6. The van der Waals surface area contributed by atoms with Crippen LogP contribution in [0.3, 0.4) is 0 Å². The summed E-state index contributed by atoms with van der Waals surface area (Å²) in [5.41, 5.74) is 3.81. The van der Waals surface area contributed by atoms with Crippen LogP contribution in [0.15, 0.2) is 48.5 Å². The number of likely N-dealkylation sites (N-methyl/N-ethyl adjacent to an activating group) is 1. The number of hydrogen-bond donors (Lipinski definition) is 2. The highest BCUT2D eigenvalue weighted by atomic mass is 16.5. The van der Waals surface area contributed by atoms with Gasteiger partial charge in [0.2, 0.25) is 0 Å². The molecule has 1 unspecified atom stereocenters. The molecule has 0 saturated heterocycles. The van der Waals surface area contributed by atoms with Crippen molar-refractivity contribution in [3.05, 3.63) is 54.1 Å². The summed E-state index contributed by atoms with van der Waals surface area (Å²) in [6, 6.07) is 15.8. The molecule has 0 saturated carbocycles. The van der Waals surface area contributed by atoms with Crippen LogP contribution < -0.4 is 14.8 Å². The number of rotatable bonds is 7. The Morgan fingerprint density at radius 1 is 1.12 bits per heavy atom. The Balaban J connectivity index is 2.00. The zero-order valence-corrected chi connectivity index (χ0v) is 15.3. The zero-order valence-electron chi connectivity index (χ0n) is 15.3. The summed E-state index contributed by atoms with van der Waals surface area (Å²) < 4.78 is 11.1. The van der Waals surface area contributed by atoms with Crippen LogP contribution in [-0.2, 0) is 0 Å². The minimum Gasteiger partial charge on any atom is -0.497 e. The van der Waals surface area contributed by atoms with Gasteiger partial charge in [0.1, 0.15) is 24.2 Å². The lowest BCUT2D eigenvalue weighted by molar-refractivity contribution is 0.109. The molecule has 5 nitrogen and oxygen atoms in total. The van der Waals surface area contributed by atoms with Crippen molar-refractivity contribution in [3.8, 4) is 22.8 Å². The van der Waals surface area contributed by atoms with Crippen molar-refractivity contribution in [1.29, 1.82) is 0 Å². The molecule has 0 radical (unpaired) electrons. The van der Waals surface area contributed by atoms with Gasteiger partial charge in [0.05, 0.1) is 18.3 Å². The molecule has 1 atom stereocenters. The van der Waals surface area contributed by atoms with E-state index < -0.39 is 6.10 Å². The second-order valence-electron chi connectivity index (χ2n) is 6.28. The SMILES string of the molecule is CNCC(O)COc1cc(-c2ccc(OC)cc2)nc2cc(C)ccc12. The van der Waals surface area contributed by atoms with Gasteiger partial charge in [-0.05, 0) is 55.9 Å². The van der Waals surface area contributed by atoms with E-state index in [2.05, 4.69) is 5.32 Å². The lowest BCUT2D eigenvalue weighted by atomic mass is 10.1. The van der Waals surface area contributed by atoms with Crippen molar-refractivity contribution in [3.63, 3.8) is 0 Å². The first-order valence-corrected chi connectivity index (χ1v) is 8.62. The van der Waals surface area contributed by atoms with E-state index >= 15 is 0 Å². The maximum atomic E-state index is 9.95. The highest BCUT2D eigenvalue weighted by Crippen LogP contribution is 2.31. The number of pyridine rings is 1. The molecule has 0 bridgehead atoms. The molecule has 0 spiro atoms. The van der Waals surface area contributed by atoms with Crippen LogP contribution in [0.5, 0.6) is 11.5 Å². The van der Waals surface area contributed by atoms with E-state index in [-0.39, 0.29) is 6.61 Å². The minimum absolute atomic E-state index is 0.218. The van der Waals surface area contributed by atoms with Gasteiger partial charge >= 0.3 is 0 Å². The third-order valence-electron chi connectivity index (χ3n) is 4.18. The maximum Gasteiger partial charge on any atom is 0.131 e. The van der Waals surface area contributed by atoms with Crippen molar-refractivity contribution < 1.29 is 14.6 Å². The molecular formula is C21H24N2O3. The predicted octanol–water partition coefficient (Wildman–Crippen LogP) is 3.18. The second kappa shape index (κ2) is 8.17. The number of nitrogens with zero attached hydrogens (tertiary/aromatic N) is 1. The summed E-state index contributed by atoms with van der Waals surface area (Å²) in [6.45, 7) is 2.74. The number of benzene rings is 2. The summed E-state index contributed by atoms with van der Waals surface area (Å²) >= 11 is 0. The van der Waals surface area contributed by atoms with E-state index in [9.17, 15) is 5.11 Å². The van der Waals surface area contributed by atoms with Crippen LogP contribution in [0.25, 0.3) is 22.2 Å². The normalized spacial score (nSPS) is 12.2. The summed E-state index contributed by atoms with van der Waals surface area (Å²) in [6.07, 6.45) is -0.571. The molecule has 0 amide bonds. The number of nitrogens with one attached hydrogen (secondary N) is 1. The molecule has 26 heavy (non-hydrogen) atoms. The van der Waals surface area contributed by atoms with Gasteiger partial charge in [-0.25, -0.2) is 4.98 Å². The third kappa shape index (κ3) is 4.12. The lowest BCUT2D eigenvalue weighted by Gasteiger charge is -2.15. The van der Waals surface area contributed by atoms with Crippen molar-refractivity contribution in [1.82, 2.24) is 10.3 Å². The Bertz CT molecular complexity index is 878. The average molecular weight is 352 g/mol. The molecule has 136 valence electrons. The van der Waals surface area contributed by atoms with Crippen LogP contribution in [-0.4, -0.2) is 43.5 Å². The van der Waals surface area contributed by atoms with E-state index in [1.165, 1.54) is 0 Å². The quantitative estimate of drug-likeness (QED) is 0.684. The molecule has 5 heteroatoms. The van der Waals surface area contributed by atoms with Crippen LogP contribution >= 0.6 is 0 Å². The molecule has 3 aromatic rings.